The average Bonchev–Trinajstić information content (AvgIpc) is 2.28. The molecule has 0 aliphatic heterocycles. The summed E-state index contributed by atoms with van der Waals surface area (Å²) < 4.78 is 31.2. The highest BCUT2D eigenvalue weighted by Crippen LogP contribution is 2.29. The third-order valence-electron chi connectivity index (χ3n) is 2.60. The van der Waals surface area contributed by atoms with E-state index in [2.05, 4.69) is 4.72 Å². The van der Waals surface area contributed by atoms with Crippen molar-refractivity contribution in [3.63, 3.8) is 0 Å². The molecule has 0 unspecified atom stereocenters. The van der Waals surface area contributed by atoms with Crippen molar-refractivity contribution in [2.75, 3.05) is 17.6 Å². The Balaban J connectivity index is 3.02. The normalized spacial score (nSPS) is 11.6. The van der Waals surface area contributed by atoms with Crippen LogP contribution in [0.5, 0.6) is 5.75 Å². The minimum Gasteiger partial charge on any atom is -0.496 e. The second-order valence-electron chi connectivity index (χ2n) is 4.53. The SMILES string of the molecule is CCCS(=O)(=O)Nc1ccc(OC)c(C(C)C)c1. The first-order valence-electron chi connectivity index (χ1n) is 6.08. The summed E-state index contributed by atoms with van der Waals surface area (Å²) in [5.74, 6) is 1.19. The van der Waals surface area contributed by atoms with E-state index in [1.54, 1.807) is 19.2 Å². The molecule has 0 aliphatic rings. The number of anilines is 1. The lowest BCUT2D eigenvalue weighted by molar-refractivity contribution is 0.407. The zero-order valence-electron chi connectivity index (χ0n) is 11.4. The molecule has 0 saturated heterocycles. The van der Waals surface area contributed by atoms with Gasteiger partial charge in [-0.3, -0.25) is 4.72 Å². The first-order valence-corrected chi connectivity index (χ1v) is 7.73. The molecule has 0 heterocycles. The molecule has 0 aliphatic carbocycles. The summed E-state index contributed by atoms with van der Waals surface area (Å²) in [5.41, 5.74) is 1.59. The van der Waals surface area contributed by atoms with Crippen LogP contribution in [0.25, 0.3) is 0 Å². The first kappa shape index (κ1) is 14.8. The molecule has 18 heavy (non-hydrogen) atoms. The fraction of sp³-hybridized carbons (Fsp3) is 0.538. The molecule has 0 fully saturated rings. The number of rotatable bonds is 6. The van der Waals surface area contributed by atoms with Gasteiger partial charge in [-0.05, 0) is 36.1 Å². The maximum absolute atomic E-state index is 11.7. The molecule has 1 N–H and O–H groups in total. The lowest BCUT2D eigenvalue weighted by Crippen LogP contribution is -2.16. The summed E-state index contributed by atoms with van der Waals surface area (Å²) in [6.07, 6.45) is 0.600. The Labute approximate surface area is 109 Å². The van der Waals surface area contributed by atoms with E-state index in [0.717, 1.165) is 11.3 Å². The van der Waals surface area contributed by atoms with Crippen LogP contribution in [0, 0.1) is 0 Å². The molecule has 5 heteroatoms. The van der Waals surface area contributed by atoms with E-state index in [0.29, 0.717) is 12.1 Å². The zero-order valence-corrected chi connectivity index (χ0v) is 12.2. The van der Waals surface area contributed by atoms with Crippen molar-refractivity contribution in [3.05, 3.63) is 23.8 Å². The summed E-state index contributed by atoms with van der Waals surface area (Å²) >= 11 is 0. The van der Waals surface area contributed by atoms with Crippen molar-refractivity contribution in [1.82, 2.24) is 0 Å². The number of hydrogen-bond donors (Lipinski definition) is 1. The first-order chi connectivity index (χ1) is 8.39. The van der Waals surface area contributed by atoms with E-state index in [-0.39, 0.29) is 11.7 Å². The Morgan fingerprint density at radius 1 is 1.33 bits per heavy atom. The third kappa shape index (κ3) is 3.91. The lowest BCUT2D eigenvalue weighted by Gasteiger charge is -2.14. The molecule has 102 valence electrons. The maximum atomic E-state index is 11.7. The molecule has 1 rings (SSSR count). The summed E-state index contributed by atoms with van der Waals surface area (Å²) in [6.45, 7) is 5.93. The van der Waals surface area contributed by atoms with Gasteiger partial charge in [-0.25, -0.2) is 8.42 Å². The second kappa shape index (κ2) is 6.09. The van der Waals surface area contributed by atoms with Gasteiger partial charge in [0.1, 0.15) is 5.75 Å². The van der Waals surface area contributed by atoms with Crippen LogP contribution in [0.2, 0.25) is 0 Å². The zero-order chi connectivity index (χ0) is 13.8. The Hall–Kier alpha value is -1.23. The molecular formula is C13H21NO3S. The van der Waals surface area contributed by atoms with Crippen LogP contribution < -0.4 is 9.46 Å². The Kier molecular flexibility index (Phi) is 5.02. The van der Waals surface area contributed by atoms with E-state index in [4.69, 9.17) is 4.74 Å². The molecule has 0 amide bonds. The minimum absolute atomic E-state index is 0.135. The van der Waals surface area contributed by atoms with Crippen molar-refractivity contribution in [2.45, 2.75) is 33.1 Å². The van der Waals surface area contributed by atoms with E-state index in [9.17, 15) is 8.42 Å². The van der Waals surface area contributed by atoms with Gasteiger partial charge >= 0.3 is 0 Å². The van der Waals surface area contributed by atoms with E-state index in [1.165, 1.54) is 0 Å². The molecule has 1 aromatic rings. The fourth-order valence-electron chi connectivity index (χ4n) is 1.75. The van der Waals surface area contributed by atoms with Gasteiger partial charge in [0.25, 0.3) is 0 Å². The summed E-state index contributed by atoms with van der Waals surface area (Å²) in [4.78, 5) is 0. The molecule has 0 atom stereocenters. The molecule has 0 spiro atoms. The Bertz CT molecular complexity index is 495. The van der Waals surface area contributed by atoms with Crippen LogP contribution in [0.4, 0.5) is 5.69 Å². The molecule has 0 aromatic heterocycles. The van der Waals surface area contributed by atoms with Crippen molar-refractivity contribution in [2.24, 2.45) is 0 Å². The van der Waals surface area contributed by atoms with Crippen molar-refractivity contribution in [1.29, 1.82) is 0 Å². The highest BCUT2D eigenvalue weighted by molar-refractivity contribution is 7.92. The molecule has 0 saturated carbocycles. The van der Waals surface area contributed by atoms with Crippen LogP contribution >= 0.6 is 0 Å². The molecule has 1 aromatic carbocycles. The van der Waals surface area contributed by atoms with Crippen molar-refractivity contribution >= 4 is 15.7 Å². The van der Waals surface area contributed by atoms with Gasteiger partial charge in [-0.15, -0.1) is 0 Å². The minimum atomic E-state index is -3.24. The van der Waals surface area contributed by atoms with Crippen molar-refractivity contribution < 1.29 is 13.2 Å². The third-order valence-corrected chi connectivity index (χ3v) is 4.09. The van der Waals surface area contributed by atoms with Crippen molar-refractivity contribution in [3.8, 4) is 5.75 Å². The van der Waals surface area contributed by atoms with E-state index >= 15 is 0 Å². The largest absolute Gasteiger partial charge is 0.496 e. The van der Waals surface area contributed by atoms with Crippen LogP contribution in [-0.4, -0.2) is 21.3 Å². The number of methoxy groups -OCH3 is 1. The summed E-state index contributed by atoms with van der Waals surface area (Å²) in [5, 5.41) is 0. The van der Waals surface area contributed by atoms with Gasteiger partial charge in [0.05, 0.1) is 12.9 Å². The predicted molar refractivity (Wildman–Crippen MR) is 74.8 cm³/mol. The second-order valence-corrected chi connectivity index (χ2v) is 6.37. The average molecular weight is 271 g/mol. The van der Waals surface area contributed by atoms with Gasteiger partial charge in [-0.2, -0.15) is 0 Å². The number of benzene rings is 1. The smallest absolute Gasteiger partial charge is 0.232 e. The summed E-state index contributed by atoms with van der Waals surface area (Å²) in [6, 6.07) is 5.34. The molecule has 0 radical (unpaired) electrons. The molecular weight excluding hydrogens is 250 g/mol. The molecule has 0 bridgehead atoms. The van der Waals surface area contributed by atoms with Gasteiger partial charge in [0.2, 0.25) is 10.0 Å². The fourth-order valence-corrected chi connectivity index (χ4v) is 2.87. The Morgan fingerprint density at radius 2 is 2.00 bits per heavy atom. The number of nitrogens with one attached hydrogen (secondary N) is 1. The highest BCUT2D eigenvalue weighted by Gasteiger charge is 2.12. The van der Waals surface area contributed by atoms with Crippen LogP contribution in [-0.2, 0) is 10.0 Å². The maximum Gasteiger partial charge on any atom is 0.232 e. The van der Waals surface area contributed by atoms with E-state index < -0.39 is 10.0 Å². The Morgan fingerprint density at radius 3 is 2.50 bits per heavy atom. The number of ether oxygens (including phenoxy) is 1. The quantitative estimate of drug-likeness (QED) is 0.865. The molecule has 4 nitrogen and oxygen atoms in total. The summed E-state index contributed by atoms with van der Waals surface area (Å²) in [7, 11) is -1.62. The topological polar surface area (TPSA) is 55.4 Å². The van der Waals surface area contributed by atoms with Crippen LogP contribution in [0.1, 0.15) is 38.7 Å². The van der Waals surface area contributed by atoms with Gasteiger partial charge in [-0.1, -0.05) is 20.8 Å². The number of hydrogen-bond acceptors (Lipinski definition) is 3. The van der Waals surface area contributed by atoms with Gasteiger partial charge in [0, 0.05) is 5.69 Å². The highest BCUT2D eigenvalue weighted by atomic mass is 32.2. The van der Waals surface area contributed by atoms with Gasteiger partial charge in [0.15, 0.2) is 0 Å². The standard InChI is InChI=1S/C13H21NO3S/c1-5-8-18(15,16)14-11-6-7-13(17-4)12(9-11)10(2)3/h6-7,9-10,14H,5,8H2,1-4H3. The number of sulfonamides is 1. The van der Waals surface area contributed by atoms with E-state index in [1.807, 2.05) is 26.8 Å². The van der Waals surface area contributed by atoms with Crippen LogP contribution in [0.15, 0.2) is 18.2 Å². The lowest BCUT2D eigenvalue weighted by atomic mass is 10.0. The predicted octanol–water partition coefficient (Wildman–Crippen LogP) is 2.97. The van der Waals surface area contributed by atoms with Crippen LogP contribution in [0.3, 0.4) is 0 Å². The van der Waals surface area contributed by atoms with Gasteiger partial charge < -0.3 is 4.74 Å². The monoisotopic (exact) mass is 271 g/mol.